The van der Waals surface area contributed by atoms with Gasteiger partial charge in [-0.15, -0.1) is 0 Å². The fourth-order valence-corrected chi connectivity index (χ4v) is 2.61. The summed E-state index contributed by atoms with van der Waals surface area (Å²) in [6.45, 7) is 9.10. The lowest BCUT2D eigenvalue weighted by molar-refractivity contribution is -0.0945. The zero-order valence-electron chi connectivity index (χ0n) is 12.9. The highest BCUT2D eigenvalue weighted by molar-refractivity contribution is 7.90. The average molecular weight is 305 g/mol. The van der Waals surface area contributed by atoms with Gasteiger partial charge in [-0.25, -0.2) is 8.42 Å². The number of hydrogen-bond donors (Lipinski definition) is 2. The van der Waals surface area contributed by atoms with Crippen LogP contribution in [0.4, 0.5) is 0 Å². The van der Waals surface area contributed by atoms with E-state index in [1.54, 1.807) is 0 Å². The Morgan fingerprint density at radius 1 is 1.45 bits per heavy atom. The highest BCUT2D eigenvalue weighted by atomic mass is 32.2. The second-order valence-electron chi connectivity index (χ2n) is 5.96. The molecule has 0 aromatic rings. The molecule has 0 aliphatic carbocycles. The average Bonchev–Trinajstić information content (AvgIpc) is 2.30. The summed E-state index contributed by atoms with van der Waals surface area (Å²) in [6.07, 6.45) is 1.83. The fraction of sp³-hybridized carbons (Fsp3) is 0.923. The van der Waals surface area contributed by atoms with Crippen molar-refractivity contribution in [3.05, 3.63) is 0 Å². The topological polar surface area (TPSA) is 79.8 Å². The normalized spacial score (nSPS) is 20.1. The number of aliphatic imine (C=N–C) groups is 1. The third-order valence-corrected chi connectivity index (χ3v) is 4.15. The molecule has 0 aromatic heterocycles. The number of nitrogens with zero attached hydrogens (tertiary/aromatic N) is 1. The summed E-state index contributed by atoms with van der Waals surface area (Å²) in [7, 11) is -2.91. The van der Waals surface area contributed by atoms with Crippen molar-refractivity contribution < 1.29 is 13.2 Å². The maximum Gasteiger partial charge on any atom is 0.191 e. The van der Waals surface area contributed by atoms with Gasteiger partial charge in [0.25, 0.3) is 0 Å². The molecular formula is C13H27N3O3S. The summed E-state index contributed by atoms with van der Waals surface area (Å²) in [4.78, 5) is 4.56. The summed E-state index contributed by atoms with van der Waals surface area (Å²) >= 11 is 0. The lowest BCUT2D eigenvalue weighted by atomic mass is 9.89. The molecule has 7 heteroatoms. The Balaban J connectivity index is 2.46. The van der Waals surface area contributed by atoms with Gasteiger partial charge in [-0.3, -0.25) is 4.99 Å². The van der Waals surface area contributed by atoms with E-state index in [2.05, 4.69) is 22.5 Å². The minimum atomic E-state index is -2.91. The van der Waals surface area contributed by atoms with Crippen LogP contribution in [0.15, 0.2) is 4.99 Å². The summed E-state index contributed by atoms with van der Waals surface area (Å²) in [6, 6.07) is 0.0629. The first-order valence-corrected chi connectivity index (χ1v) is 9.10. The molecule has 1 aliphatic heterocycles. The first-order chi connectivity index (χ1) is 9.24. The Kier molecular flexibility index (Phi) is 6.26. The molecule has 2 N–H and O–H groups in total. The van der Waals surface area contributed by atoms with Crippen LogP contribution in [0.25, 0.3) is 0 Å². The van der Waals surface area contributed by atoms with Crippen LogP contribution in [-0.4, -0.2) is 58.7 Å². The Bertz CT molecular complexity index is 430. The molecule has 118 valence electrons. The molecular weight excluding hydrogens is 278 g/mol. The molecule has 0 aromatic carbocycles. The van der Waals surface area contributed by atoms with Gasteiger partial charge >= 0.3 is 0 Å². The van der Waals surface area contributed by atoms with Gasteiger partial charge in [0.05, 0.1) is 25.5 Å². The standard InChI is InChI=1S/C13H27N3O3S/c1-5-14-12(15-8-13(3)9-19-10-13)16-11(2)6-7-20(4,17)18/h11H,5-10H2,1-4H3,(H2,14,15,16). The van der Waals surface area contributed by atoms with Crippen LogP contribution in [0.5, 0.6) is 0 Å². The molecule has 1 atom stereocenters. The number of rotatable bonds is 7. The summed E-state index contributed by atoms with van der Waals surface area (Å²) in [5.74, 6) is 0.924. The van der Waals surface area contributed by atoms with E-state index in [9.17, 15) is 8.42 Å². The smallest absolute Gasteiger partial charge is 0.191 e. The first-order valence-electron chi connectivity index (χ1n) is 7.04. The molecule has 1 saturated heterocycles. The number of guanidine groups is 1. The van der Waals surface area contributed by atoms with Crippen LogP contribution < -0.4 is 10.6 Å². The first kappa shape index (κ1) is 17.2. The van der Waals surface area contributed by atoms with E-state index < -0.39 is 9.84 Å². The van der Waals surface area contributed by atoms with Gasteiger partial charge in [0.2, 0.25) is 0 Å². The van der Waals surface area contributed by atoms with Crippen molar-refractivity contribution in [2.75, 3.05) is 38.3 Å². The zero-order valence-corrected chi connectivity index (χ0v) is 13.7. The van der Waals surface area contributed by atoms with Gasteiger partial charge in [-0.1, -0.05) is 6.92 Å². The molecule has 20 heavy (non-hydrogen) atoms. The number of nitrogens with one attached hydrogen (secondary N) is 2. The Morgan fingerprint density at radius 2 is 2.10 bits per heavy atom. The minimum Gasteiger partial charge on any atom is -0.380 e. The van der Waals surface area contributed by atoms with Gasteiger partial charge in [0.1, 0.15) is 9.84 Å². The molecule has 0 bridgehead atoms. The Hall–Kier alpha value is -0.820. The predicted molar refractivity (Wildman–Crippen MR) is 81.8 cm³/mol. The molecule has 1 fully saturated rings. The molecule has 1 aliphatic rings. The Morgan fingerprint density at radius 3 is 2.55 bits per heavy atom. The van der Waals surface area contributed by atoms with Crippen molar-refractivity contribution in [1.82, 2.24) is 10.6 Å². The summed E-state index contributed by atoms with van der Waals surface area (Å²) in [5, 5.41) is 6.42. The third-order valence-electron chi connectivity index (χ3n) is 3.17. The van der Waals surface area contributed by atoms with E-state index in [-0.39, 0.29) is 17.2 Å². The van der Waals surface area contributed by atoms with Crippen molar-refractivity contribution in [2.45, 2.75) is 33.2 Å². The quantitative estimate of drug-likeness (QED) is 0.526. The Labute approximate surface area is 122 Å². The van der Waals surface area contributed by atoms with Crippen molar-refractivity contribution in [3.8, 4) is 0 Å². The van der Waals surface area contributed by atoms with E-state index in [1.807, 2.05) is 13.8 Å². The van der Waals surface area contributed by atoms with E-state index in [4.69, 9.17) is 4.74 Å². The molecule has 1 rings (SSSR count). The SMILES string of the molecule is CCNC(=NCC1(C)COC1)NC(C)CCS(C)(=O)=O. The second-order valence-corrected chi connectivity index (χ2v) is 8.22. The van der Waals surface area contributed by atoms with Crippen molar-refractivity contribution in [3.63, 3.8) is 0 Å². The van der Waals surface area contributed by atoms with Gasteiger partial charge in [0.15, 0.2) is 5.96 Å². The third kappa shape index (κ3) is 6.56. The predicted octanol–water partition coefficient (Wildman–Crippen LogP) is 0.401. The van der Waals surface area contributed by atoms with Crippen molar-refractivity contribution in [2.24, 2.45) is 10.4 Å². The fourth-order valence-electron chi connectivity index (χ4n) is 1.83. The zero-order chi connectivity index (χ0) is 15.2. The van der Waals surface area contributed by atoms with Gasteiger partial charge in [0, 0.05) is 24.3 Å². The van der Waals surface area contributed by atoms with Crippen LogP contribution in [0, 0.1) is 5.41 Å². The summed E-state index contributed by atoms with van der Waals surface area (Å²) in [5.41, 5.74) is 0.137. The van der Waals surface area contributed by atoms with Crippen LogP contribution in [0.2, 0.25) is 0 Å². The van der Waals surface area contributed by atoms with Crippen LogP contribution >= 0.6 is 0 Å². The van der Waals surface area contributed by atoms with Gasteiger partial charge in [-0.05, 0) is 20.3 Å². The number of ether oxygens (including phenoxy) is 1. The van der Waals surface area contributed by atoms with Crippen LogP contribution in [0.3, 0.4) is 0 Å². The monoisotopic (exact) mass is 305 g/mol. The van der Waals surface area contributed by atoms with E-state index in [0.29, 0.717) is 13.0 Å². The molecule has 1 heterocycles. The highest BCUT2D eigenvalue weighted by Crippen LogP contribution is 2.26. The van der Waals surface area contributed by atoms with E-state index >= 15 is 0 Å². The molecule has 0 spiro atoms. The lowest BCUT2D eigenvalue weighted by Crippen LogP contribution is -2.46. The highest BCUT2D eigenvalue weighted by Gasteiger charge is 2.33. The maximum absolute atomic E-state index is 11.2. The number of sulfone groups is 1. The molecule has 6 nitrogen and oxygen atoms in total. The molecule has 0 amide bonds. The molecule has 0 radical (unpaired) electrons. The van der Waals surface area contributed by atoms with E-state index in [0.717, 1.165) is 25.7 Å². The van der Waals surface area contributed by atoms with Gasteiger partial charge in [-0.2, -0.15) is 0 Å². The minimum absolute atomic E-state index is 0.0629. The summed E-state index contributed by atoms with van der Waals surface area (Å²) < 4.78 is 27.5. The van der Waals surface area contributed by atoms with E-state index in [1.165, 1.54) is 6.26 Å². The van der Waals surface area contributed by atoms with Crippen molar-refractivity contribution >= 4 is 15.8 Å². The van der Waals surface area contributed by atoms with Crippen LogP contribution in [-0.2, 0) is 14.6 Å². The largest absolute Gasteiger partial charge is 0.380 e. The van der Waals surface area contributed by atoms with Crippen LogP contribution in [0.1, 0.15) is 27.2 Å². The molecule has 1 unspecified atom stereocenters. The van der Waals surface area contributed by atoms with Gasteiger partial charge < -0.3 is 15.4 Å². The van der Waals surface area contributed by atoms with Crippen molar-refractivity contribution in [1.29, 1.82) is 0 Å². The second kappa shape index (κ2) is 7.26. The molecule has 0 saturated carbocycles. The maximum atomic E-state index is 11.2. The number of hydrogen-bond acceptors (Lipinski definition) is 4. The lowest BCUT2D eigenvalue weighted by Gasteiger charge is -2.36.